The number of nitrogens with one attached hydrogen (secondary N) is 1. The Labute approximate surface area is 137 Å². The number of carbonyl (C=O) groups is 2. The van der Waals surface area contributed by atoms with Crippen LogP contribution in [0.15, 0.2) is 24.3 Å². The number of ether oxygens (including phenoxy) is 1. The molecule has 0 saturated carbocycles. The maximum atomic E-state index is 12.4. The summed E-state index contributed by atoms with van der Waals surface area (Å²) in [5, 5.41) is 2.93. The molecular formula is C17H25N3O3. The van der Waals surface area contributed by atoms with Crippen LogP contribution in [0.1, 0.15) is 25.7 Å². The summed E-state index contributed by atoms with van der Waals surface area (Å²) in [6, 6.07) is 7.35. The van der Waals surface area contributed by atoms with E-state index in [1.807, 2.05) is 29.2 Å². The number of hydrogen-bond acceptors (Lipinski definition) is 4. The van der Waals surface area contributed by atoms with Crippen LogP contribution in [0.5, 0.6) is 5.75 Å². The van der Waals surface area contributed by atoms with Crippen molar-refractivity contribution in [1.29, 1.82) is 0 Å². The lowest BCUT2D eigenvalue weighted by Gasteiger charge is -2.31. The molecule has 0 atom stereocenters. The smallest absolute Gasteiger partial charge is 0.227 e. The quantitative estimate of drug-likeness (QED) is 0.834. The van der Waals surface area contributed by atoms with Crippen molar-refractivity contribution in [2.45, 2.75) is 25.7 Å². The number of hydrogen-bond donors (Lipinski definition) is 2. The van der Waals surface area contributed by atoms with E-state index in [0.29, 0.717) is 56.8 Å². The molecule has 3 N–H and O–H groups in total. The standard InChI is InChI=1S/C17H25N3O3/c1-23-15-6-3-2-5-14(15)19-17(22)13-8-11-20(12-9-13)16(21)7-4-10-18/h2-3,5-6,13H,4,7-12,18H2,1H3,(H,19,22). The SMILES string of the molecule is COc1ccccc1NC(=O)C1CCN(C(=O)CCCN)CC1. The second-order valence-corrected chi connectivity index (χ2v) is 5.74. The molecule has 2 rings (SSSR count). The Kier molecular flexibility index (Phi) is 6.40. The van der Waals surface area contributed by atoms with Crippen molar-refractivity contribution in [3.05, 3.63) is 24.3 Å². The van der Waals surface area contributed by atoms with Crippen LogP contribution in [0, 0.1) is 5.92 Å². The van der Waals surface area contributed by atoms with Gasteiger partial charge in [0.2, 0.25) is 11.8 Å². The van der Waals surface area contributed by atoms with Crippen LogP contribution in [-0.2, 0) is 9.59 Å². The van der Waals surface area contributed by atoms with E-state index in [4.69, 9.17) is 10.5 Å². The zero-order chi connectivity index (χ0) is 16.7. The van der Waals surface area contributed by atoms with E-state index >= 15 is 0 Å². The van der Waals surface area contributed by atoms with Gasteiger partial charge in [0.25, 0.3) is 0 Å². The summed E-state index contributed by atoms with van der Waals surface area (Å²) >= 11 is 0. The summed E-state index contributed by atoms with van der Waals surface area (Å²) in [5.41, 5.74) is 6.11. The molecule has 0 aromatic heterocycles. The molecule has 1 aliphatic rings. The molecule has 1 aliphatic heterocycles. The van der Waals surface area contributed by atoms with E-state index in [1.165, 1.54) is 0 Å². The van der Waals surface area contributed by atoms with E-state index in [2.05, 4.69) is 5.32 Å². The average molecular weight is 319 g/mol. The third-order valence-corrected chi connectivity index (χ3v) is 4.18. The first-order valence-electron chi connectivity index (χ1n) is 8.07. The highest BCUT2D eigenvalue weighted by Crippen LogP contribution is 2.25. The Morgan fingerprint density at radius 3 is 2.65 bits per heavy atom. The normalized spacial score (nSPS) is 15.3. The van der Waals surface area contributed by atoms with E-state index in [1.54, 1.807) is 7.11 Å². The van der Waals surface area contributed by atoms with E-state index < -0.39 is 0 Å². The number of piperidine rings is 1. The molecule has 1 saturated heterocycles. The molecule has 0 aliphatic carbocycles. The van der Waals surface area contributed by atoms with Crippen molar-refractivity contribution in [2.75, 3.05) is 32.1 Å². The molecule has 2 amide bonds. The molecule has 1 heterocycles. The number of benzene rings is 1. The molecule has 23 heavy (non-hydrogen) atoms. The monoisotopic (exact) mass is 319 g/mol. The summed E-state index contributed by atoms with van der Waals surface area (Å²) in [6.07, 6.45) is 2.59. The van der Waals surface area contributed by atoms with E-state index in [-0.39, 0.29) is 17.7 Å². The topological polar surface area (TPSA) is 84.7 Å². The van der Waals surface area contributed by atoms with Gasteiger partial charge in [-0.2, -0.15) is 0 Å². The number of nitrogens with two attached hydrogens (primary N) is 1. The first-order valence-corrected chi connectivity index (χ1v) is 8.07. The van der Waals surface area contributed by atoms with Crippen LogP contribution in [0.4, 0.5) is 5.69 Å². The molecule has 1 aromatic carbocycles. The Morgan fingerprint density at radius 1 is 1.30 bits per heavy atom. The fraction of sp³-hybridized carbons (Fsp3) is 0.529. The maximum Gasteiger partial charge on any atom is 0.227 e. The lowest BCUT2D eigenvalue weighted by molar-refractivity contribution is -0.134. The first kappa shape index (κ1) is 17.3. The molecule has 126 valence electrons. The molecule has 1 aromatic rings. The maximum absolute atomic E-state index is 12.4. The highest BCUT2D eigenvalue weighted by Gasteiger charge is 2.27. The van der Waals surface area contributed by atoms with Crippen LogP contribution in [-0.4, -0.2) is 43.5 Å². The number of amides is 2. The van der Waals surface area contributed by atoms with Crippen LogP contribution >= 0.6 is 0 Å². The highest BCUT2D eigenvalue weighted by molar-refractivity contribution is 5.94. The Bertz CT molecular complexity index is 540. The highest BCUT2D eigenvalue weighted by atomic mass is 16.5. The number of nitrogens with zero attached hydrogens (tertiary/aromatic N) is 1. The van der Waals surface area contributed by atoms with E-state index in [9.17, 15) is 9.59 Å². The summed E-state index contributed by atoms with van der Waals surface area (Å²) in [4.78, 5) is 26.2. The Balaban J connectivity index is 1.85. The molecule has 0 unspecified atom stereocenters. The fourth-order valence-corrected chi connectivity index (χ4v) is 2.79. The molecule has 1 fully saturated rings. The minimum absolute atomic E-state index is 0.0106. The number of likely N-dealkylation sites (tertiary alicyclic amines) is 1. The third-order valence-electron chi connectivity index (χ3n) is 4.18. The summed E-state index contributed by atoms with van der Waals surface area (Å²) < 4.78 is 5.24. The number of anilines is 1. The van der Waals surface area contributed by atoms with Crippen molar-refractivity contribution in [3.63, 3.8) is 0 Å². The molecular weight excluding hydrogens is 294 g/mol. The second-order valence-electron chi connectivity index (χ2n) is 5.74. The molecule has 0 bridgehead atoms. The predicted molar refractivity (Wildman–Crippen MR) is 89.2 cm³/mol. The van der Waals surface area contributed by atoms with Gasteiger partial charge in [-0.1, -0.05) is 12.1 Å². The third kappa shape index (κ3) is 4.69. The second kappa shape index (κ2) is 8.53. The predicted octanol–water partition coefficient (Wildman–Crippen LogP) is 1.61. The summed E-state index contributed by atoms with van der Waals surface area (Å²) in [5.74, 6) is 0.705. The number of carbonyl (C=O) groups excluding carboxylic acids is 2. The van der Waals surface area contributed by atoms with Crippen molar-refractivity contribution in [3.8, 4) is 5.75 Å². The van der Waals surface area contributed by atoms with E-state index in [0.717, 1.165) is 0 Å². The van der Waals surface area contributed by atoms with Crippen molar-refractivity contribution < 1.29 is 14.3 Å². The first-order chi connectivity index (χ1) is 11.2. The Hall–Kier alpha value is -2.08. The molecule has 0 radical (unpaired) electrons. The van der Waals surface area contributed by atoms with Gasteiger partial charge in [-0.3, -0.25) is 9.59 Å². The van der Waals surface area contributed by atoms with Gasteiger partial charge >= 0.3 is 0 Å². The largest absolute Gasteiger partial charge is 0.495 e. The van der Waals surface area contributed by atoms with Crippen molar-refractivity contribution in [2.24, 2.45) is 11.7 Å². The fourth-order valence-electron chi connectivity index (χ4n) is 2.79. The average Bonchev–Trinajstić information content (AvgIpc) is 2.60. The van der Waals surface area contributed by atoms with Gasteiger partial charge in [-0.15, -0.1) is 0 Å². The van der Waals surface area contributed by atoms with Crippen LogP contribution < -0.4 is 15.8 Å². The molecule has 6 nitrogen and oxygen atoms in total. The zero-order valence-corrected chi connectivity index (χ0v) is 13.6. The van der Waals surface area contributed by atoms with Gasteiger partial charge in [0, 0.05) is 25.4 Å². The lowest BCUT2D eigenvalue weighted by atomic mass is 9.95. The lowest BCUT2D eigenvalue weighted by Crippen LogP contribution is -2.41. The van der Waals surface area contributed by atoms with Gasteiger partial charge in [0.15, 0.2) is 0 Å². The minimum Gasteiger partial charge on any atom is -0.495 e. The van der Waals surface area contributed by atoms with Crippen molar-refractivity contribution >= 4 is 17.5 Å². The van der Waals surface area contributed by atoms with Crippen LogP contribution in [0.3, 0.4) is 0 Å². The number of rotatable bonds is 6. The van der Waals surface area contributed by atoms with Gasteiger partial charge < -0.3 is 20.7 Å². The van der Waals surface area contributed by atoms with Gasteiger partial charge in [-0.25, -0.2) is 0 Å². The van der Waals surface area contributed by atoms with Gasteiger partial charge in [0.1, 0.15) is 5.75 Å². The number of para-hydroxylation sites is 2. The summed E-state index contributed by atoms with van der Waals surface area (Å²) in [6.45, 7) is 1.80. The summed E-state index contributed by atoms with van der Waals surface area (Å²) in [7, 11) is 1.58. The van der Waals surface area contributed by atoms with Crippen molar-refractivity contribution in [1.82, 2.24) is 4.90 Å². The molecule has 0 spiro atoms. The van der Waals surface area contributed by atoms with Gasteiger partial charge in [-0.05, 0) is 37.9 Å². The minimum atomic E-state index is -0.0709. The Morgan fingerprint density at radius 2 is 2.00 bits per heavy atom. The van der Waals surface area contributed by atoms with Crippen LogP contribution in [0.25, 0.3) is 0 Å². The number of methoxy groups -OCH3 is 1. The molecule has 6 heteroatoms. The van der Waals surface area contributed by atoms with Gasteiger partial charge in [0.05, 0.1) is 12.8 Å². The van der Waals surface area contributed by atoms with Crippen LogP contribution in [0.2, 0.25) is 0 Å². The zero-order valence-electron chi connectivity index (χ0n) is 13.6.